The first-order valence-electron chi connectivity index (χ1n) is 4.21. The molecule has 1 aromatic rings. The first-order valence-corrected chi connectivity index (χ1v) is 6.39. The third-order valence-corrected chi connectivity index (χ3v) is 2.90. The molecular weight excluding hydrogens is 282 g/mol. The SMILES string of the molecule is CSCCOc1cc([N+](=O)[O-])ccc1Br. The molecule has 0 saturated heterocycles. The number of benzene rings is 1. The second kappa shape index (κ2) is 5.97. The summed E-state index contributed by atoms with van der Waals surface area (Å²) in [6, 6.07) is 4.47. The van der Waals surface area contributed by atoms with Crippen LogP contribution in [-0.2, 0) is 0 Å². The van der Waals surface area contributed by atoms with E-state index in [0.29, 0.717) is 12.4 Å². The number of rotatable bonds is 5. The lowest BCUT2D eigenvalue weighted by Gasteiger charge is -2.06. The number of non-ortho nitro benzene ring substituents is 1. The summed E-state index contributed by atoms with van der Waals surface area (Å²) < 4.78 is 6.13. The summed E-state index contributed by atoms with van der Waals surface area (Å²) in [6.45, 7) is 0.543. The van der Waals surface area contributed by atoms with Crippen molar-refractivity contribution < 1.29 is 9.66 Å². The van der Waals surface area contributed by atoms with Crippen LogP contribution in [0.4, 0.5) is 5.69 Å². The van der Waals surface area contributed by atoms with Crippen molar-refractivity contribution in [2.45, 2.75) is 0 Å². The third kappa shape index (κ3) is 3.71. The maximum Gasteiger partial charge on any atom is 0.273 e. The molecule has 4 nitrogen and oxygen atoms in total. The monoisotopic (exact) mass is 291 g/mol. The van der Waals surface area contributed by atoms with Crippen molar-refractivity contribution >= 4 is 33.4 Å². The molecule has 0 spiro atoms. The first kappa shape index (κ1) is 12.3. The van der Waals surface area contributed by atoms with Gasteiger partial charge in [-0.15, -0.1) is 0 Å². The minimum absolute atomic E-state index is 0.0392. The quantitative estimate of drug-likeness (QED) is 0.475. The summed E-state index contributed by atoms with van der Waals surface area (Å²) in [6.07, 6.45) is 1.98. The van der Waals surface area contributed by atoms with Gasteiger partial charge in [0.05, 0.1) is 22.1 Å². The highest BCUT2D eigenvalue weighted by molar-refractivity contribution is 9.10. The molecular formula is C9H10BrNO3S. The van der Waals surface area contributed by atoms with Gasteiger partial charge in [-0.2, -0.15) is 11.8 Å². The van der Waals surface area contributed by atoms with Crippen LogP contribution in [0.2, 0.25) is 0 Å². The molecule has 1 rings (SSSR count). The third-order valence-electron chi connectivity index (χ3n) is 1.67. The second-order valence-electron chi connectivity index (χ2n) is 2.71. The number of halogens is 1. The van der Waals surface area contributed by atoms with E-state index in [4.69, 9.17) is 4.74 Å². The lowest BCUT2D eigenvalue weighted by molar-refractivity contribution is -0.384. The van der Waals surface area contributed by atoms with E-state index in [1.54, 1.807) is 17.8 Å². The fourth-order valence-electron chi connectivity index (χ4n) is 0.951. The Balaban J connectivity index is 2.76. The maximum absolute atomic E-state index is 10.5. The number of hydrogen-bond donors (Lipinski definition) is 0. The van der Waals surface area contributed by atoms with E-state index in [9.17, 15) is 10.1 Å². The standard InChI is InChI=1S/C9H10BrNO3S/c1-15-5-4-14-9-6-7(11(12)13)2-3-8(9)10/h2-3,6H,4-5H2,1H3. The molecule has 0 amide bonds. The van der Waals surface area contributed by atoms with Crippen molar-refractivity contribution in [3.05, 3.63) is 32.8 Å². The smallest absolute Gasteiger partial charge is 0.273 e. The van der Waals surface area contributed by atoms with E-state index in [1.807, 2.05) is 6.26 Å². The maximum atomic E-state index is 10.5. The van der Waals surface area contributed by atoms with Crippen molar-refractivity contribution in [2.75, 3.05) is 18.6 Å². The largest absolute Gasteiger partial charge is 0.491 e. The van der Waals surface area contributed by atoms with E-state index >= 15 is 0 Å². The summed E-state index contributed by atoms with van der Waals surface area (Å²) in [5.74, 6) is 1.37. The van der Waals surface area contributed by atoms with Gasteiger partial charge in [-0.25, -0.2) is 0 Å². The van der Waals surface area contributed by atoms with E-state index in [1.165, 1.54) is 12.1 Å². The van der Waals surface area contributed by atoms with Crippen molar-refractivity contribution in [3.63, 3.8) is 0 Å². The Morgan fingerprint density at radius 2 is 2.33 bits per heavy atom. The molecule has 0 heterocycles. The lowest BCUT2D eigenvalue weighted by atomic mass is 10.3. The summed E-state index contributed by atoms with van der Waals surface area (Å²) in [5.41, 5.74) is 0.0392. The van der Waals surface area contributed by atoms with Gasteiger partial charge in [0.2, 0.25) is 0 Å². The number of thioether (sulfide) groups is 1. The minimum Gasteiger partial charge on any atom is -0.491 e. The summed E-state index contributed by atoms with van der Waals surface area (Å²) in [4.78, 5) is 10.1. The average Bonchev–Trinajstić information content (AvgIpc) is 2.20. The Hall–Kier alpha value is -0.750. The van der Waals surface area contributed by atoms with Crippen LogP contribution in [-0.4, -0.2) is 23.5 Å². The van der Waals surface area contributed by atoms with Gasteiger partial charge in [-0.3, -0.25) is 10.1 Å². The Kier molecular flexibility index (Phi) is 4.90. The van der Waals surface area contributed by atoms with Gasteiger partial charge in [0.15, 0.2) is 0 Å². The highest BCUT2D eigenvalue weighted by Gasteiger charge is 2.09. The van der Waals surface area contributed by atoms with E-state index in [2.05, 4.69) is 15.9 Å². The van der Waals surface area contributed by atoms with Crippen LogP contribution in [0.15, 0.2) is 22.7 Å². The normalized spacial score (nSPS) is 10.0. The number of nitro benzene ring substituents is 1. The molecule has 0 aliphatic rings. The van der Waals surface area contributed by atoms with Crippen LogP contribution in [0.25, 0.3) is 0 Å². The summed E-state index contributed by atoms with van der Waals surface area (Å²) >= 11 is 4.94. The first-order chi connectivity index (χ1) is 7.15. The molecule has 0 fully saturated rings. The predicted molar refractivity (Wildman–Crippen MR) is 64.7 cm³/mol. The summed E-state index contributed by atoms with van der Waals surface area (Å²) in [5, 5.41) is 10.5. The molecule has 0 radical (unpaired) electrons. The zero-order valence-corrected chi connectivity index (χ0v) is 10.5. The van der Waals surface area contributed by atoms with E-state index in [0.717, 1.165) is 10.2 Å². The molecule has 1 aromatic carbocycles. The number of ether oxygens (including phenoxy) is 1. The number of nitro groups is 1. The molecule has 0 atom stereocenters. The highest BCUT2D eigenvalue weighted by Crippen LogP contribution is 2.29. The van der Waals surface area contributed by atoms with Crippen LogP contribution in [0.5, 0.6) is 5.75 Å². The van der Waals surface area contributed by atoms with Gasteiger partial charge in [0, 0.05) is 11.8 Å². The van der Waals surface area contributed by atoms with Gasteiger partial charge >= 0.3 is 0 Å². The molecule has 0 unspecified atom stereocenters. The van der Waals surface area contributed by atoms with Crippen molar-refractivity contribution in [2.24, 2.45) is 0 Å². The van der Waals surface area contributed by atoms with Crippen molar-refractivity contribution in [1.29, 1.82) is 0 Å². The zero-order chi connectivity index (χ0) is 11.3. The number of nitrogens with zero attached hydrogens (tertiary/aromatic N) is 1. The fourth-order valence-corrected chi connectivity index (χ4v) is 1.56. The molecule has 0 saturated carbocycles. The molecule has 0 aromatic heterocycles. The van der Waals surface area contributed by atoms with Crippen LogP contribution >= 0.6 is 27.7 Å². The molecule has 0 N–H and O–H groups in total. The highest BCUT2D eigenvalue weighted by atomic mass is 79.9. The van der Waals surface area contributed by atoms with Gasteiger partial charge < -0.3 is 4.74 Å². The topological polar surface area (TPSA) is 52.4 Å². The average molecular weight is 292 g/mol. The molecule has 82 valence electrons. The van der Waals surface area contributed by atoms with Crippen LogP contribution in [0.1, 0.15) is 0 Å². The second-order valence-corrected chi connectivity index (χ2v) is 4.55. The Labute approximate surface area is 100 Å². The van der Waals surface area contributed by atoms with Crippen LogP contribution in [0.3, 0.4) is 0 Å². The Morgan fingerprint density at radius 1 is 1.60 bits per heavy atom. The molecule has 0 bridgehead atoms. The Bertz CT molecular complexity index is 359. The van der Waals surface area contributed by atoms with Crippen LogP contribution < -0.4 is 4.74 Å². The van der Waals surface area contributed by atoms with Gasteiger partial charge in [-0.1, -0.05) is 0 Å². The Morgan fingerprint density at radius 3 is 2.93 bits per heavy atom. The van der Waals surface area contributed by atoms with Crippen molar-refractivity contribution in [1.82, 2.24) is 0 Å². The van der Waals surface area contributed by atoms with Crippen molar-refractivity contribution in [3.8, 4) is 5.75 Å². The number of hydrogen-bond acceptors (Lipinski definition) is 4. The molecule has 0 aliphatic heterocycles. The fraction of sp³-hybridized carbons (Fsp3) is 0.333. The van der Waals surface area contributed by atoms with Gasteiger partial charge in [0.25, 0.3) is 5.69 Å². The van der Waals surface area contributed by atoms with E-state index in [-0.39, 0.29) is 5.69 Å². The zero-order valence-electron chi connectivity index (χ0n) is 8.10. The summed E-state index contributed by atoms with van der Waals surface area (Å²) in [7, 11) is 0. The predicted octanol–water partition coefficient (Wildman–Crippen LogP) is 3.10. The molecule has 6 heteroatoms. The van der Waals surface area contributed by atoms with E-state index < -0.39 is 4.92 Å². The lowest BCUT2D eigenvalue weighted by Crippen LogP contribution is -2.00. The minimum atomic E-state index is -0.437. The van der Waals surface area contributed by atoms with Gasteiger partial charge in [-0.05, 0) is 28.3 Å². The molecule has 0 aliphatic carbocycles. The van der Waals surface area contributed by atoms with Crippen LogP contribution in [0, 0.1) is 10.1 Å². The molecule has 15 heavy (non-hydrogen) atoms. The van der Waals surface area contributed by atoms with Gasteiger partial charge in [0.1, 0.15) is 5.75 Å².